The maximum Gasteiger partial charge on any atom is 0.199 e. The smallest absolute Gasteiger partial charge is 0.199 e. The zero-order valence-electron chi connectivity index (χ0n) is 3.82. The number of carbonyl (C=O) groups excluding carboxylic acids is 1. The molecule has 1 N–H and O–H groups in total. The molecule has 1 radical (unpaired) electrons. The Labute approximate surface area is 37.5 Å². The van der Waals surface area contributed by atoms with Gasteiger partial charge >= 0.3 is 0 Å². The molecule has 0 unspecified atom stereocenters. The Morgan fingerprint density at radius 2 is 2.50 bits per heavy atom. The Kier molecular flexibility index (Phi) is 4.34. The predicted octanol–water partition coefficient (Wildman–Crippen LogP) is -0.294. The topological polar surface area (TPSA) is 29.1 Å². The standard InChI is InChI=1S/C4H8NO/c1-5-3-2-4-6/h5H,2-3H2,1H3. The number of hydrogen-bond acceptors (Lipinski definition) is 2. The third-order valence-electron chi connectivity index (χ3n) is 0.477. The first-order valence-corrected chi connectivity index (χ1v) is 1.91. The lowest BCUT2D eigenvalue weighted by Gasteiger charge is -1.83. The van der Waals surface area contributed by atoms with Gasteiger partial charge in [0.2, 0.25) is 0 Å². The Morgan fingerprint density at radius 1 is 1.83 bits per heavy atom. The second-order valence-electron chi connectivity index (χ2n) is 0.998. The van der Waals surface area contributed by atoms with Gasteiger partial charge in [-0.25, -0.2) is 0 Å². The number of hydrogen-bond donors (Lipinski definition) is 1. The zero-order chi connectivity index (χ0) is 4.83. The summed E-state index contributed by atoms with van der Waals surface area (Å²) in [6.07, 6.45) is 2.25. The molecule has 0 rings (SSSR count). The molecule has 0 aromatic rings. The van der Waals surface area contributed by atoms with Crippen LogP contribution in [0.4, 0.5) is 0 Å². The van der Waals surface area contributed by atoms with Crippen LogP contribution >= 0.6 is 0 Å². The molecule has 0 aliphatic heterocycles. The van der Waals surface area contributed by atoms with Crippen molar-refractivity contribution in [3.05, 3.63) is 0 Å². The molecule has 35 valence electrons. The summed E-state index contributed by atoms with van der Waals surface area (Å²) >= 11 is 0. The van der Waals surface area contributed by atoms with Crippen LogP contribution in [0, 0.1) is 0 Å². The van der Waals surface area contributed by atoms with Crippen LogP contribution in [0.1, 0.15) is 6.42 Å². The highest BCUT2D eigenvalue weighted by Gasteiger charge is 1.74. The highest BCUT2D eigenvalue weighted by atomic mass is 16.1. The van der Waals surface area contributed by atoms with E-state index >= 15 is 0 Å². The first-order valence-electron chi connectivity index (χ1n) is 1.91. The first-order chi connectivity index (χ1) is 2.91. The molecule has 0 heterocycles. The van der Waals surface area contributed by atoms with Gasteiger partial charge in [-0.3, -0.25) is 4.79 Å². The van der Waals surface area contributed by atoms with Gasteiger partial charge in [-0.2, -0.15) is 0 Å². The van der Waals surface area contributed by atoms with Gasteiger partial charge in [0.05, 0.1) is 0 Å². The van der Waals surface area contributed by atoms with Gasteiger partial charge in [0.1, 0.15) is 0 Å². The Balaban J connectivity index is 2.49. The second-order valence-corrected chi connectivity index (χ2v) is 0.998. The van der Waals surface area contributed by atoms with Gasteiger partial charge in [0, 0.05) is 13.0 Å². The predicted molar refractivity (Wildman–Crippen MR) is 24.2 cm³/mol. The minimum absolute atomic E-state index is 0.497. The van der Waals surface area contributed by atoms with Crippen molar-refractivity contribution in [2.45, 2.75) is 6.42 Å². The molecule has 0 aromatic heterocycles. The van der Waals surface area contributed by atoms with Crippen molar-refractivity contribution in [2.75, 3.05) is 13.6 Å². The Hall–Kier alpha value is -0.370. The van der Waals surface area contributed by atoms with E-state index < -0.39 is 0 Å². The molecule has 2 nitrogen and oxygen atoms in total. The van der Waals surface area contributed by atoms with Gasteiger partial charge < -0.3 is 5.32 Å². The highest BCUT2D eigenvalue weighted by Crippen LogP contribution is 1.60. The van der Waals surface area contributed by atoms with Crippen LogP contribution in [-0.2, 0) is 4.79 Å². The lowest BCUT2D eigenvalue weighted by atomic mass is 10.5. The van der Waals surface area contributed by atoms with E-state index in [1.807, 2.05) is 0 Å². The van der Waals surface area contributed by atoms with Crippen LogP contribution < -0.4 is 5.32 Å². The molecule has 0 spiro atoms. The third kappa shape index (κ3) is 3.63. The maximum absolute atomic E-state index is 9.40. The van der Waals surface area contributed by atoms with E-state index in [2.05, 4.69) is 5.32 Å². The highest BCUT2D eigenvalue weighted by molar-refractivity contribution is 5.50. The zero-order valence-corrected chi connectivity index (χ0v) is 3.82. The van der Waals surface area contributed by atoms with Crippen molar-refractivity contribution in [1.29, 1.82) is 0 Å². The van der Waals surface area contributed by atoms with Crippen molar-refractivity contribution >= 4 is 6.29 Å². The Morgan fingerprint density at radius 3 is 2.67 bits per heavy atom. The molecular weight excluding hydrogens is 78.0 g/mol. The van der Waals surface area contributed by atoms with Crippen LogP contribution in [-0.4, -0.2) is 19.9 Å². The van der Waals surface area contributed by atoms with E-state index in [0.29, 0.717) is 6.42 Å². The van der Waals surface area contributed by atoms with Gasteiger partial charge in [-0.1, -0.05) is 0 Å². The molecule has 0 fully saturated rings. The Bertz CT molecular complexity index is 36.5. The normalized spacial score (nSPS) is 8.17. The fraction of sp³-hybridized carbons (Fsp3) is 0.750. The summed E-state index contributed by atoms with van der Waals surface area (Å²) in [7, 11) is 1.80. The van der Waals surface area contributed by atoms with Crippen LogP contribution in [0.25, 0.3) is 0 Å². The second kappa shape index (κ2) is 4.63. The van der Waals surface area contributed by atoms with Crippen LogP contribution in [0.3, 0.4) is 0 Å². The molecule has 0 bridgehead atoms. The lowest BCUT2D eigenvalue weighted by Crippen LogP contribution is -2.07. The van der Waals surface area contributed by atoms with E-state index in [1.54, 1.807) is 13.3 Å². The monoisotopic (exact) mass is 86.1 g/mol. The summed E-state index contributed by atoms with van der Waals surface area (Å²) < 4.78 is 0. The minimum atomic E-state index is 0.497. The fourth-order valence-corrected chi connectivity index (χ4v) is 0.176. The summed E-state index contributed by atoms with van der Waals surface area (Å²) in [5.41, 5.74) is 0. The van der Waals surface area contributed by atoms with Crippen molar-refractivity contribution in [1.82, 2.24) is 5.32 Å². The number of nitrogens with one attached hydrogen (secondary N) is 1. The summed E-state index contributed by atoms with van der Waals surface area (Å²) in [4.78, 5) is 9.40. The molecule has 0 amide bonds. The van der Waals surface area contributed by atoms with Crippen LogP contribution in [0.15, 0.2) is 0 Å². The average Bonchev–Trinajstić information content (AvgIpc) is 1.61. The average molecular weight is 86.1 g/mol. The molecule has 0 saturated carbocycles. The largest absolute Gasteiger partial charge is 0.319 e. The van der Waals surface area contributed by atoms with E-state index in [0.717, 1.165) is 6.54 Å². The van der Waals surface area contributed by atoms with E-state index in [-0.39, 0.29) is 0 Å². The lowest BCUT2D eigenvalue weighted by molar-refractivity contribution is 0.549. The van der Waals surface area contributed by atoms with Crippen molar-refractivity contribution in [3.8, 4) is 0 Å². The molecule has 0 saturated heterocycles. The van der Waals surface area contributed by atoms with Gasteiger partial charge in [-0.05, 0) is 7.05 Å². The van der Waals surface area contributed by atoms with E-state index in [4.69, 9.17) is 0 Å². The van der Waals surface area contributed by atoms with Gasteiger partial charge in [0.25, 0.3) is 0 Å². The van der Waals surface area contributed by atoms with Gasteiger partial charge in [-0.15, -0.1) is 0 Å². The molecule has 0 aliphatic rings. The van der Waals surface area contributed by atoms with Crippen molar-refractivity contribution in [2.24, 2.45) is 0 Å². The summed E-state index contributed by atoms with van der Waals surface area (Å²) in [5.74, 6) is 0. The van der Waals surface area contributed by atoms with E-state index in [9.17, 15) is 4.79 Å². The summed E-state index contributed by atoms with van der Waals surface area (Å²) in [6, 6.07) is 0. The third-order valence-corrected chi connectivity index (χ3v) is 0.477. The molecule has 0 atom stereocenters. The maximum atomic E-state index is 9.40. The number of rotatable bonds is 3. The minimum Gasteiger partial charge on any atom is -0.319 e. The molecule has 2 heteroatoms. The van der Waals surface area contributed by atoms with Crippen molar-refractivity contribution in [3.63, 3.8) is 0 Å². The molecule has 6 heavy (non-hydrogen) atoms. The van der Waals surface area contributed by atoms with Gasteiger partial charge in [0.15, 0.2) is 6.29 Å². The van der Waals surface area contributed by atoms with Crippen LogP contribution in [0.5, 0.6) is 0 Å². The molecular formula is C4H8NO. The fourth-order valence-electron chi connectivity index (χ4n) is 0.176. The quantitative estimate of drug-likeness (QED) is 0.478. The SMILES string of the molecule is CNCC[C]=O. The summed E-state index contributed by atoms with van der Waals surface area (Å²) in [5, 5.41) is 2.81. The van der Waals surface area contributed by atoms with E-state index in [1.165, 1.54) is 0 Å². The molecule has 0 aromatic carbocycles. The van der Waals surface area contributed by atoms with Crippen LogP contribution in [0.2, 0.25) is 0 Å². The summed E-state index contributed by atoms with van der Waals surface area (Å²) in [6.45, 7) is 0.740. The first kappa shape index (κ1) is 5.63. The molecule has 0 aliphatic carbocycles. The van der Waals surface area contributed by atoms with Crippen molar-refractivity contribution < 1.29 is 4.79 Å².